The van der Waals surface area contributed by atoms with Crippen LogP contribution < -0.4 is 10.5 Å². The van der Waals surface area contributed by atoms with Gasteiger partial charge in [0.1, 0.15) is 16.5 Å². The molecule has 2 heterocycles. The van der Waals surface area contributed by atoms with Crippen molar-refractivity contribution >= 4 is 27.3 Å². The van der Waals surface area contributed by atoms with E-state index in [0.717, 1.165) is 16.8 Å². The maximum Gasteiger partial charge on any atom is 0.292 e. The molecule has 1 saturated heterocycles. The highest BCUT2D eigenvalue weighted by Crippen LogP contribution is 2.25. The number of piperazine rings is 1. The molecule has 1 aromatic heterocycles. The quantitative estimate of drug-likeness (QED) is 0.556. The van der Waals surface area contributed by atoms with Gasteiger partial charge in [-0.2, -0.15) is 19.3 Å². The van der Waals surface area contributed by atoms with Crippen LogP contribution in [-0.2, 0) is 10.0 Å². The van der Waals surface area contributed by atoms with Gasteiger partial charge >= 0.3 is 0 Å². The summed E-state index contributed by atoms with van der Waals surface area (Å²) >= 11 is 6.25. The van der Waals surface area contributed by atoms with Crippen LogP contribution >= 0.6 is 11.6 Å². The second-order valence-electron chi connectivity index (χ2n) is 7.18. The van der Waals surface area contributed by atoms with E-state index in [9.17, 15) is 22.0 Å². The molecule has 1 aliphatic rings. The molecular weight excluding hydrogens is 476 g/mol. The topological polar surface area (TPSA) is 99.3 Å². The number of hydrogen-bond donors (Lipinski definition) is 0. The number of benzene rings is 2. The average Bonchev–Trinajstić information content (AvgIpc) is 2.81. The summed E-state index contributed by atoms with van der Waals surface area (Å²) in [4.78, 5) is 14.5. The number of anilines is 1. The molecule has 12 heteroatoms. The van der Waals surface area contributed by atoms with Crippen molar-refractivity contribution in [3.05, 3.63) is 81.2 Å². The van der Waals surface area contributed by atoms with E-state index in [0.29, 0.717) is 11.6 Å². The van der Waals surface area contributed by atoms with Crippen molar-refractivity contribution in [2.75, 3.05) is 31.1 Å². The van der Waals surface area contributed by atoms with Crippen molar-refractivity contribution in [3.8, 4) is 11.8 Å². The van der Waals surface area contributed by atoms with Crippen molar-refractivity contribution in [1.29, 1.82) is 5.26 Å². The van der Waals surface area contributed by atoms with Gasteiger partial charge < -0.3 is 4.90 Å². The summed E-state index contributed by atoms with van der Waals surface area (Å²) in [7, 11) is -3.75. The van der Waals surface area contributed by atoms with Crippen LogP contribution in [0.1, 0.15) is 5.56 Å². The molecule has 3 aromatic rings. The number of nitriles is 1. The molecule has 0 N–H and O–H groups in total. The fourth-order valence-electron chi connectivity index (χ4n) is 3.49. The molecule has 0 saturated carbocycles. The van der Waals surface area contributed by atoms with Crippen molar-refractivity contribution in [1.82, 2.24) is 14.1 Å². The fraction of sp³-hybridized carbons (Fsp3) is 0.190. The molecule has 33 heavy (non-hydrogen) atoms. The van der Waals surface area contributed by atoms with E-state index in [1.165, 1.54) is 34.8 Å². The smallest absolute Gasteiger partial charge is 0.292 e. The second kappa shape index (κ2) is 8.90. The van der Waals surface area contributed by atoms with Crippen molar-refractivity contribution in [3.63, 3.8) is 0 Å². The number of halogens is 3. The zero-order valence-electron chi connectivity index (χ0n) is 17.0. The third-order valence-electron chi connectivity index (χ3n) is 5.24. The Hall–Kier alpha value is -3.33. The molecule has 1 fully saturated rings. The van der Waals surface area contributed by atoms with Crippen LogP contribution in [0.3, 0.4) is 0 Å². The van der Waals surface area contributed by atoms with Gasteiger partial charge in [0.25, 0.3) is 5.56 Å². The Morgan fingerprint density at radius 2 is 1.67 bits per heavy atom. The van der Waals surface area contributed by atoms with Crippen molar-refractivity contribution in [2.24, 2.45) is 0 Å². The molecule has 0 atom stereocenters. The molecule has 0 unspecified atom stereocenters. The monoisotopic (exact) mass is 491 g/mol. The zero-order chi connectivity index (χ0) is 23.8. The largest absolute Gasteiger partial charge is 0.366 e. The lowest BCUT2D eigenvalue weighted by Gasteiger charge is -2.35. The lowest BCUT2D eigenvalue weighted by atomic mass is 10.2. The molecule has 4 rings (SSSR count). The first kappa shape index (κ1) is 22.8. The summed E-state index contributed by atoms with van der Waals surface area (Å²) in [6.45, 7) is 0.749. The minimum absolute atomic E-state index is 0.0820. The minimum Gasteiger partial charge on any atom is -0.366 e. The van der Waals surface area contributed by atoms with E-state index in [2.05, 4.69) is 5.10 Å². The molecule has 0 bridgehead atoms. The van der Waals surface area contributed by atoms with Crippen molar-refractivity contribution in [2.45, 2.75) is 4.90 Å². The second-order valence-corrected chi connectivity index (χ2v) is 9.50. The third-order valence-corrected chi connectivity index (χ3v) is 7.51. The van der Waals surface area contributed by atoms with Crippen LogP contribution in [0.15, 0.2) is 58.4 Å². The number of sulfonamides is 1. The fourth-order valence-corrected chi connectivity index (χ4v) is 5.16. The first-order chi connectivity index (χ1) is 15.7. The van der Waals surface area contributed by atoms with E-state index in [-0.39, 0.29) is 47.5 Å². The van der Waals surface area contributed by atoms with Gasteiger partial charge in [-0.15, -0.1) is 0 Å². The molecule has 1 aliphatic heterocycles. The Balaban J connectivity index is 1.53. The van der Waals surface area contributed by atoms with Gasteiger partial charge in [-0.05, 0) is 36.4 Å². The highest BCUT2D eigenvalue weighted by atomic mass is 35.5. The molecular formula is C21H16ClF2N5O3S. The lowest BCUT2D eigenvalue weighted by Crippen LogP contribution is -2.49. The molecule has 0 amide bonds. The van der Waals surface area contributed by atoms with Gasteiger partial charge in [-0.25, -0.2) is 17.2 Å². The molecule has 170 valence electrons. The Bertz CT molecular complexity index is 1410. The van der Waals surface area contributed by atoms with Crippen LogP contribution in [0.4, 0.5) is 14.5 Å². The SMILES string of the molecule is N#Cc1ccc(S(=O)(=O)N2CCN(c3cnn(-c4ccc(F)cc4F)c(=O)c3Cl)CC2)cc1. The van der Waals surface area contributed by atoms with Gasteiger partial charge in [0, 0.05) is 32.2 Å². The summed E-state index contributed by atoms with van der Waals surface area (Å²) in [5.74, 6) is -1.75. The Kier molecular flexibility index (Phi) is 6.16. The summed E-state index contributed by atoms with van der Waals surface area (Å²) in [6, 6.07) is 10.3. The first-order valence-corrected chi connectivity index (χ1v) is 11.5. The van der Waals surface area contributed by atoms with Gasteiger partial charge in [0.05, 0.1) is 28.4 Å². The highest BCUT2D eigenvalue weighted by molar-refractivity contribution is 7.89. The summed E-state index contributed by atoms with van der Waals surface area (Å²) in [5.41, 5.74) is -0.382. The van der Waals surface area contributed by atoms with Crippen LogP contribution in [0.5, 0.6) is 0 Å². The van der Waals surface area contributed by atoms with Crippen molar-refractivity contribution < 1.29 is 17.2 Å². The standard InChI is InChI=1S/C21H16ClF2N5O3S/c22-20-19(13-26-29(21(20)30)18-6-3-15(23)11-17(18)24)27-7-9-28(10-8-27)33(31,32)16-4-1-14(12-25)2-5-16/h1-6,11,13H,7-10H2. The number of rotatable bonds is 4. The normalized spacial score (nSPS) is 14.8. The number of hydrogen-bond acceptors (Lipinski definition) is 6. The van der Waals surface area contributed by atoms with Gasteiger partial charge in [-0.3, -0.25) is 4.79 Å². The van der Waals surface area contributed by atoms with Crippen LogP contribution in [0.25, 0.3) is 5.69 Å². The average molecular weight is 492 g/mol. The summed E-state index contributed by atoms with van der Waals surface area (Å²) in [6.07, 6.45) is 1.29. The Labute approximate surface area is 192 Å². The van der Waals surface area contributed by atoms with E-state index in [4.69, 9.17) is 16.9 Å². The van der Waals surface area contributed by atoms with Gasteiger partial charge in [0.2, 0.25) is 10.0 Å². The molecule has 8 nitrogen and oxygen atoms in total. The summed E-state index contributed by atoms with van der Waals surface area (Å²) < 4.78 is 55.0. The Morgan fingerprint density at radius 1 is 1.00 bits per heavy atom. The predicted molar refractivity (Wildman–Crippen MR) is 117 cm³/mol. The van der Waals surface area contributed by atoms with Crippen LogP contribution in [-0.4, -0.2) is 48.7 Å². The zero-order valence-corrected chi connectivity index (χ0v) is 18.5. The highest BCUT2D eigenvalue weighted by Gasteiger charge is 2.30. The molecule has 0 radical (unpaired) electrons. The van der Waals surface area contributed by atoms with Gasteiger partial charge in [-0.1, -0.05) is 11.6 Å². The van der Waals surface area contributed by atoms with E-state index >= 15 is 0 Å². The lowest BCUT2D eigenvalue weighted by molar-refractivity contribution is 0.384. The maximum absolute atomic E-state index is 14.1. The van der Waals surface area contributed by atoms with E-state index in [1.807, 2.05) is 6.07 Å². The van der Waals surface area contributed by atoms with E-state index < -0.39 is 27.2 Å². The minimum atomic E-state index is -3.75. The Morgan fingerprint density at radius 3 is 2.27 bits per heavy atom. The summed E-state index contributed by atoms with van der Waals surface area (Å²) in [5, 5.41) is 12.6. The van der Waals surface area contributed by atoms with Crippen LogP contribution in [0.2, 0.25) is 5.02 Å². The molecule has 0 aliphatic carbocycles. The third kappa shape index (κ3) is 4.32. The first-order valence-electron chi connectivity index (χ1n) is 9.71. The maximum atomic E-state index is 14.1. The molecule has 2 aromatic carbocycles. The van der Waals surface area contributed by atoms with E-state index in [1.54, 1.807) is 4.90 Å². The number of nitrogens with zero attached hydrogens (tertiary/aromatic N) is 5. The van der Waals surface area contributed by atoms with Crippen LogP contribution in [0, 0.1) is 23.0 Å². The molecule has 0 spiro atoms. The van der Waals surface area contributed by atoms with Gasteiger partial charge in [0.15, 0.2) is 5.82 Å². The number of aromatic nitrogens is 2. The predicted octanol–water partition coefficient (Wildman–Crippen LogP) is 2.55.